The fourth-order valence-electron chi connectivity index (χ4n) is 2.06. The molecule has 106 valence electrons. The van der Waals surface area contributed by atoms with E-state index in [9.17, 15) is 18.0 Å². The maximum atomic E-state index is 12.8. The molecule has 3 aromatic rings. The molecule has 0 aliphatic carbocycles. The predicted octanol–water partition coefficient (Wildman–Crippen LogP) is 3.00. The van der Waals surface area contributed by atoms with Gasteiger partial charge in [-0.25, -0.2) is 4.79 Å². The zero-order valence-electron chi connectivity index (χ0n) is 10.5. The molecule has 0 aliphatic rings. The summed E-state index contributed by atoms with van der Waals surface area (Å²) in [5, 5.41) is 0.232. The first-order valence-corrected chi connectivity index (χ1v) is 5.97. The van der Waals surface area contributed by atoms with E-state index in [4.69, 9.17) is 0 Å². The van der Waals surface area contributed by atoms with E-state index in [0.717, 1.165) is 12.1 Å². The summed E-state index contributed by atoms with van der Waals surface area (Å²) in [6, 6.07) is 6.30. The standard InChI is InChI=1S/C14H8F3N3O/c15-14(16,17)9-1-2-11-10(7-9)12(20-13(21)19-11)8-3-5-18-6-4-8/h1-7H,(H,19,20,21). The molecule has 4 nitrogen and oxygen atoms in total. The topological polar surface area (TPSA) is 58.6 Å². The number of fused-ring (bicyclic) bond motifs is 1. The number of halogens is 3. The van der Waals surface area contributed by atoms with Gasteiger partial charge in [0.05, 0.1) is 16.8 Å². The molecule has 0 saturated carbocycles. The average molecular weight is 291 g/mol. The fraction of sp³-hybridized carbons (Fsp3) is 0.0714. The van der Waals surface area contributed by atoms with Crippen LogP contribution in [0, 0.1) is 0 Å². The molecular formula is C14H8F3N3O. The number of rotatable bonds is 1. The molecule has 0 amide bonds. The Kier molecular flexibility index (Phi) is 2.97. The third-order valence-electron chi connectivity index (χ3n) is 3.01. The van der Waals surface area contributed by atoms with Gasteiger partial charge in [0, 0.05) is 23.3 Å². The van der Waals surface area contributed by atoms with Gasteiger partial charge in [-0.3, -0.25) is 4.98 Å². The van der Waals surface area contributed by atoms with Crippen LogP contribution in [0.5, 0.6) is 0 Å². The van der Waals surface area contributed by atoms with Crippen molar-refractivity contribution < 1.29 is 13.2 Å². The van der Waals surface area contributed by atoms with Gasteiger partial charge < -0.3 is 4.98 Å². The number of alkyl halides is 3. The number of hydrogen-bond acceptors (Lipinski definition) is 3. The van der Waals surface area contributed by atoms with Crippen molar-refractivity contribution in [3.8, 4) is 11.3 Å². The van der Waals surface area contributed by atoms with E-state index in [2.05, 4.69) is 15.0 Å². The lowest BCUT2D eigenvalue weighted by Gasteiger charge is -2.10. The number of aromatic nitrogens is 3. The van der Waals surface area contributed by atoms with Crippen LogP contribution in [-0.2, 0) is 6.18 Å². The summed E-state index contributed by atoms with van der Waals surface area (Å²) in [7, 11) is 0. The molecule has 21 heavy (non-hydrogen) atoms. The highest BCUT2D eigenvalue weighted by Crippen LogP contribution is 2.33. The summed E-state index contributed by atoms with van der Waals surface area (Å²) >= 11 is 0. The highest BCUT2D eigenvalue weighted by Gasteiger charge is 2.30. The smallest absolute Gasteiger partial charge is 0.305 e. The first-order valence-electron chi connectivity index (χ1n) is 5.97. The molecule has 0 unspecified atom stereocenters. The molecule has 0 spiro atoms. The summed E-state index contributed by atoms with van der Waals surface area (Å²) in [6.45, 7) is 0. The third-order valence-corrected chi connectivity index (χ3v) is 3.01. The minimum atomic E-state index is -4.46. The number of benzene rings is 1. The number of nitrogens with zero attached hydrogens (tertiary/aromatic N) is 2. The van der Waals surface area contributed by atoms with E-state index < -0.39 is 17.4 Å². The summed E-state index contributed by atoms with van der Waals surface area (Å²) < 4.78 is 38.5. The number of aromatic amines is 1. The lowest BCUT2D eigenvalue weighted by molar-refractivity contribution is -0.137. The van der Waals surface area contributed by atoms with Gasteiger partial charge in [0.15, 0.2) is 0 Å². The molecule has 7 heteroatoms. The molecule has 0 fully saturated rings. The zero-order chi connectivity index (χ0) is 15.0. The van der Waals surface area contributed by atoms with Gasteiger partial charge in [0.1, 0.15) is 0 Å². The Balaban J connectivity index is 2.35. The second kappa shape index (κ2) is 4.69. The normalized spacial score (nSPS) is 11.8. The van der Waals surface area contributed by atoms with Crippen molar-refractivity contribution in [2.45, 2.75) is 6.18 Å². The Morgan fingerprint density at radius 2 is 1.76 bits per heavy atom. The van der Waals surface area contributed by atoms with Crippen LogP contribution in [0.2, 0.25) is 0 Å². The lowest BCUT2D eigenvalue weighted by atomic mass is 10.1. The molecule has 2 heterocycles. The minimum Gasteiger partial charge on any atom is -0.305 e. The van der Waals surface area contributed by atoms with Crippen LogP contribution >= 0.6 is 0 Å². The fourth-order valence-corrected chi connectivity index (χ4v) is 2.06. The van der Waals surface area contributed by atoms with Crippen LogP contribution < -0.4 is 5.69 Å². The van der Waals surface area contributed by atoms with Crippen LogP contribution in [0.15, 0.2) is 47.5 Å². The molecule has 2 aromatic heterocycles. The van der Waals surface area contributed by atoms with Crippen molar-refractivity contribution >= 4 is 10.9 Å². The molecule has 0 aliphatic heterocycles. The minimum absolute atomic E-state index is 0.197. The van der Waals surface area contributed by atoms with Gasteiger partial charge in [-0.1, -0.05) is 0 Å². The monoisotopic (exact) mass is 291 g/mol. The summed E-state index contributed by atoms with van der Waals surface area (Å²) in [5.41, 5.74) is -0.384. The van der Waals surface area contributed by atoms with E-state index in [-0.39, 0.29) is 11.1 Å². The van der Waals surface area contributed by atoms with Crippen molar-refractivity contribution in [1.29, 1.82) is 0 Å². The molecule has 1 aromatic carbocycles. The molecule has 0 saturated heterocycles. The first-order chi connectivity index (χ1) is 9.95. The van der Waals surface area contributed by atoms with Gasteiger partial charge >= 0.3 is 11.9 Å². The van der Waals surface area contributed by atoms with E-state index in [1.165, 1.54) is 18.5 Å². The molecule has 0 bridgehead atoms. The number of nitrogens with one attached hydrogen (secondary N) is 1. The highest BCUT2D eigenvalue weighted by atomic mass is 19.4. The number of H-pyrrole nitrogens is 1. The van der Waals surface area contributed by atoms with Crippen molar-refractivity contribution in [2.75, 3.05) is 0 Å². The summed E-state index contributed by atoms with van der Waals surface area (Å²) in [4.78, 5) is 21.6. The van der Waals surface area contributed by atoms with E-state index in [1.54, 1.807) is 12.1 Å². The highest BCUT2D eigenvalue weighted by molar-refractivity contribution is 5.92. The van der Waals surface area contributed by atoms with E-state index in [1.807, 2.05) is 0 Å². The van der Waals surface area contributed by atoms with Crippen molar-refractivity contribution in [1.82, 2.24) is 15.0 Å². The van der Waals surface area contributed by atoms with Crippen LogP contribution in [0.3, 0.4) is 0 Å². The largest absolute Gasteiger partial charge is 0.416 e. The quantitative estimate of drug-likeness (QED) is 0.749. The Morgan fingerprint density at radius 3 is 2.43 bits per heavy atom. The molecule has 3 rings (SSSR count). The van der Waals surface area contributed by atoms with Crippen molar-refractivity contribution in [3.63, 3.8) is 0 Å². The average Bonchev–Trinajstić information content (AvgIpc) is 2.46. The first kappa shape index (κ1) is 13.3. The SMILES string of the molecule is O=c1nc(-c2ccncc2)c2cc(C(F)(F)F)ccc2[nH]1. The maximum Gasteiger partial charge on any atom is 0.416 e. The van der Waals surface area contributed by atoms with Crippen molar-refractivity contribution in [3.05, 3.63) is 58.8 Å². The molecule has 0 atom stereocenters. The van der Waals surface area contributed by atoms with Gasteiger partial charge in [-0.05, 0) is 30.3 Å². The Morgan fingerprint density at radius 1 is 1.05 bits per heavy atom. The van der Waals surface area contributed by atoms with Crippen LogP contribution in [0.25, 0.3) is 22.2 Å². The Hall–Kier alpha value is -2.70. The number of hydrogen-bond donors (Lipinski definition) is 1. The van der Waals surface area contributed by atoms with Crippen molar-refractivity contribution in [2.24, 2.45) is 0 Å². The second-order valence-corrected chi connectivity index (χ2v) is 4.38. The molecular weight excluding hydrogens is 283 g/mol. The maximum absolute atomic E-state index is 12.8. The van der Waals surface area contributed by atoms with E-state index >= 15 is 0 Å². The third kappa shape index (κ3) is 2.49. The van der Waals surface area contributed by atoms with Crippen LogP contribution in [-0.4, -0.2) is 15.0 Å². The Labute approximate surface area is 116 Å². The second-order valence-electron chi connectivity index (χ2n) is 4.38. The summed E-state index contributed by atoms with van der Waals surface area (Å²) in [6.07, 6.45) is -1.49. The zero-order valence-corrected chi connectivity index (χ0v) is 10.5. The number of pyridine rings is 1. The van der Waals surface area contributed by atoms with Gasteiger partial charge in [-0.2, -0.15) is 18.2 Å². The summed E-state index contributed by atoms with van der Waals surface area (Å²) in [5.74, 6) is 0. The van der Waals surface area contributed by atoms with Gasteiger partial charge in [0.25, 0.3) is 0 Å². The van der Waals surface area contributed by atoms with E-state index in [0.29, 0.717) is 11.1 Å². The van der Waals surface area contributed by atoms with Gasteiger partial charge in [0.2, 0.25) is 0 Å². The van der Waals surface area contributed by atoms with Crippen LogP contribution in [0.4, 0.5) is 13.2 Å². The predicted molar refractivity (Wildman–Crippen MR) is 70.6 cm³/mol. The lowest BCUT2D eigenvalue weighted by Crippen LogP contribution is -2.12. The molecule has 0 radical (unpaired) electrons. The molecule has 1 N–H and O–H groups in total. The van der Waals surface area contributed by atoms with Crippen LogP contribution in [0.1, 0.15) is 5.56 Å². The van der Waals surface area contributed by atoms with Gasteiger partial charge in [-0.15, -0.1) is 0 Å². The Bertz CT molecular complexity index is 857.